The van der Waals surface area contributed by atoms with Crippen LogP contribution in [-0.4, -0.2) is 22.2 Å². The van der Waals surface area contributed by atoms with Gasteiger partial charge in [0.1, 0.15) is 5.69 Å². The van der Waals surface area contributed by atoms with Gasteiger partial charge in [-0.05, 0) is 51.2 Å². The van der Waals surface area contributed by atoms with Crippen LogP contribution in [0, 0.1) is 19.8 Å². The number of nitrogens with zero attached hydrogens (tertiary/aromatic N) is 2. The maximum Gasteiger partial charge on any atom is 0.269 e. The number of aromatic nitrogens is 2. The zero-order chi connectivity index (χ0) is 15.7. The van der Waals surface area contributed by atoms with E-state index in [2.05, 4.69) is 37.3 Å². The summed E-state index contributed by atoms with van der Waals surface area (Å²) in [7, 11) is 0. The van der Waals surface area contributed by atoms with E-state index in [1.807, 2.05) is 10.7 Å². The topological polar surface area (TPSA) is 46.9 Å². The molecule has 1 N–H and O–H groups in total. The lowest BCUT2D eigenvalue weighted by atomic mass is 10.1. The highest BCUT2D eigenvalue weighted by Crippen LogP contribution is 2.30. The molecule has 118 valence electrons. The van der Waals surface area contributed by atoms with Crippen LogP contribution in [-0.2, 0) is 6.54 Å². The van der Waals surface area contributed by atoms with E-state index in [1.165, 1.54) is 22.6 Å². The SMILES string of the molecule is CCCn1nc(-c2cc(C)sc2C)cc1C(=O)NCC1CC1. The molecule has 0 radical (unpaired) electrons. The second-order valence-electron chi connectivity index (χ2n) is 6.12. The molecule has 0 aromatic carbocycles. The summed E-state index contributed by atoms with van der Waals surface area (Å²) in [6, 6.07) is 4.09. The molecule has 1 aliphatic rings. The van der Waals surface area contributed by atoms with Gasteiger partial charge in [-0.25, -0.2) is 0 Å². The monoisotopic (exact) mass is 317 g/mol. The molecule has 0 unspecified atom stereocenters. The van der Waals surface area contributed by atoms with E-state index in [-0.39, 0.29) is 5.91 Å². The Kier molecular flexibility index (Phi) is 4.34. The molecule has 3 rings (SSSR count). The third kappa shape index (κ3) is 3.24. The van der Waals surface area contributed by atoms with Gasteiger partial charge >= 0.3 is 0 Å². The van der Waals surface area contributed by atoms with Crippen LogP contribution in [0.2, 0.25) is 0 Å². The van der Waals surface area contributed by atoms with Crippen LogP contribution in [0.3, 0.4) is 0 Å². The molecule has 4 nitrogen and oxygen atoms in total. The van der Waals surface area contributed by atoms with Crippen LogP contribution in [0.5, 0.6) is 0 Å². The van der Waals surface area contributed by atoms with Crippen molar-refractivity contribution in [2.45, 2.75) is 46.6 Å². The lowest BCUT2D eigenvalue weighted by Gasteiger charge is -2.06. The Morgan fingerprint density at radius 1 is 1.41 bits per heavy atom. The second kappa shape index (κ2) is 6.24. The molecule has 1 amide bonds. The molecule has 1 fully saturated rings. The second-order valence-corrected chi connectivity index (χ2v) is 7.58. The van der Waals surface area contributed by atoms with Gasteiger partial charge in [-0.1, -0.05) is 6.92 Å². The fourth-order valence-corrected chi connectivity index (χ4v) is 3.58. The highest BCUT2D eigenvalue weighted by molar-refractivity contribution is 7.12. The standard InChI is InChI=1S/C17H23N3OS/c1-4-7-20-16(17(21)18-10-13-5-6-13)9-15(19-20)14-8-11(2)22-12(14)3/h8-9,13H,4-7,10H2,1-3H3,(H,18,21). The molecule has 0 atom stereocenters. The third-order valence-electron chi connectivity index (χ3n) is 4.01. The van der Waals surface area contributed by atoms with Crippen LogP contribution in [0.25, 0.3) is 11.3 Å². The Morgan fingerprint density at radius 3 is 2.77 bits per heavy atom. The van der Waals surface area contributed by atoms with Crippen molar-refractivity contribution in [2.24, 2.45) is 5.92 Å². The number of amides is 1. The Hall–Kier alpha value is -1.62. The smallest absolute Gasteiger partial charge is 0.269 e. The van der Waals surface area contributed by atoms with Crippen molar-refractivity contribution >= 4 is 17.2 Å². The van der Waals surface area contributed by atoms with E-state index in [9.17, 15) is 4.79 Å². The van der Waals surface area contributed by atoms with Gasteiger partial charge in [0, 0.05) is 28.4 Å². The summed E-state index contributed by atoms with van der Waals surface area (Å²) in [5, 5.41) is 7.72. The van der Waals surface area contributed by atoms with Gasteiger partial charge in [0.05, 0.1) is 5.69 Å². The molecule has 22 heavy (non-hydrogen) atoms. The molecular formula is C17H23N3OS. The Balaban J connectivity index is 1.87. The van der Waals surface area contributed by atoms with Crippen molar-refractivity contribution in [1.82, 2.24) is 15.1 Å². The number of thiophene rings is 1. The maximum atomic E-state index is 12.4. The average Bonchev–Trinajstić information content (AvgIpc) is 3.12. The molecule has 0 saturated heterocycles. The maximum absolute atomic E-state index is 12.4. The average molecular weight is 317 g/mol. The van der Waals surface area contributed by atoms with Gasteiger partial charge in [-0.2, -0.15) is 5.10 Å². The predicted octanol–water partition coefficient (Wildman–Crippen LogP) is 3.78. The van der Waals surface area contributed by atoms with Crippen molar-refractivity contribution in [3.8, 4) is 11.3 Å². The number of hydrogen-bond donors (Lipinski definition) is 1. The quantitative estimate of drug-likeness (QED) is 0.881. The number of rotatable bonds is 6. The molecule has 0 bridgehead atoms. The van der Waals surface area contributed by atoms with Crippen LogP contribution in [0.15, 0.2) is 12.1 Å². The zero-order valence-corrected chi connectivity index (χ0v) is 14.3. The van der Waals surface area contributed by atoms with Gasteiger partial charge in [0.2, 0.25) is 0 Å². The molecule has 2 aromatic heterocycles. The summed E-state index contributed by atoms with van der Waals surface area (Å²) in [6.07, 6.45) is 3.45. The number of aryl methyl sites for hydroxylation is 3. The lowest BCUT2D eigenvalue weighted by Crippen LogP contribution is -2.28. The number of hydrogen-bond acceptors (Lipinski definition) is 3. The summed E-state index contributed by atoms with van der Waals surface area (Å²) in [5.41, 5.74) is 2.74. The van der Waals surface area contributed by atoms with Crippen molar-refractivity contribution in [3.05, 3.63) is 27.6 Å². The van der Waals surface area contributed by atoms with Crippen LogP contribution in [0.1, 0.15) is 46.4 Å². The van der Waals surface area contributed by atoms with E-state index >= 15 is 0 Å². The highest BCUT2D eigenvalue weighted by Gasteiger charge is 2.23. The summed E-state index contributed by atoms with van der Waals surface area (Å²) in [4.78, 5) is 15.0. The molecule has 1 saturated carbocycles. The molecule has 1 aliphatic carbocycles. The minimum absolute atomic E-state index is 0.00343. The summed E-state index contributed by atoms with van der Waals surface area (Å²) in [5.74, 6) is 0.691. The molecule has 2 heterocycles. The van der Waals surface area contributed by atoms with E-state index < -0.39 is 0 Å². The Labute approximate surface area is 135 Å². The first-order chi connectivity index (χ1) is 10.6. The summed E-state index contributed by atoms with van der Waals surface area (Å²) in [6.45, 7) is 7.88. The van der Waals surface area contributed by atoms with Crippen molar-refractivity contribution < 1.29 is 4.79 Å². The van der Waals surface area contributed by atoms with E-state index in [0.29, 0.717) is 11.6 Å². The third-order valence-corrected chi connectivity index (χ3v) is 4.98. The van der Waals surface area contributed by atoms with Crippen LogP contribution in [0.4, 0.5) is 0 Å². The summed E-state index contributed by atoms with van der Waals surface area (Å²) >= 11 is 1.77. The molecule has 5 heteroatoms. The van der Waals surface area contributed by atoms with Gasteiger partial charge in [-0.15, -0.1) is 11.3 Å². The largest absolute Gasteiger partial charge is 0.350 e. The normalized spacial score (nSPS) is 14.3. The molecule has 0 aliphatic heterocycles. The van der Waals surface area contributed by atoms with Crippen molar-refractivity contribution in [3.63, 3.8) is 0 Å². The number of carbonyl (C=O) groups is 1. The number of carbonyl (C=O) groups excluding carboxylic acids is 1. The van der Waals surface area contributed by atoms with Gasteiger partial charge in [0.15, 0.2) is 0 Å². The first-order valence-electron chi connectivity index (χ1n) is 8.02. The first kappa shape index (κ1) is 15.3. The molecular weight excluding hydrogens is 294 g/mol. The molecule has 2 aromatic rings. The fourth-order valence-electron chi connectivity index (χ4n) is 2.65. The lowest BCUT2D eigenvalue weighted by molar-refractivity contribution is 0.0941. The van der Waals surface area contributed by atoms with Crippen LogP contribution < -0.4 is 5.32 Å². The molecule has 0 spiro atoms. The highest BCUT2D eigenvalue weighted by atomic mass is 32.1. The fraction of sp³-hybridized carbons (Fsp3) is 0.529. The Bertz CT molecular complexity index is 682. The van der Waals surface area contributed by atoms with Crippen molar-refractivity contribution in [1.29, 1.82) is 0 Å². The summed E-state index contributed by atoms with van der Waals surface area (Å²) < 4.78 is 1.85. The number of nitrogens with one attached hydrogen (secondary N) is 1. The van der Waals surface area contributed by atoms with E-state index in [0.717, 1.165) is 30.8 Å². The van der Waals surface area contributed by atoms with Crippen molar-refractivity contribution in [2.75, 3.05) is 6.54 Å². The first-order valence-corrected chi connectivity index (χ1v) is 8.83. The van der Waals surface area contributed by atoms with Gasteiger partial charge in [-0.3, -0.25) is 9.48 Å². The van der Waals surface area contributed by atoms with Gasteiger partial charge in [0.25, 0.3) is 5.91 Å². The predicted molar refractivity (Wildman–Crippen MR) is 90.4 cm³/mol. The minimum Gasteiger partial charge on any atom is -0.350 e. The zero-order valence-electron chi connectivity index (χ0n) is 13.5. The Morgan fingerprint density at radius 2 is 2.18 bits per heavy atom. The van der Waals surface area contributed by atoms with Crippen LogP contribution >= 0.6 is 11.3 Å². The van der Waals surface area contributed by atoms with E-state index in [4.69, 9.17) is 0 Å². The minimum atomic E-state index is 0.00343. The van der Waals surface area contributed by atoms with E-state index in [1.54, 1.807) is 11.3 Å². The van der Waals surface area contributed by atoms with Gasteiger partial charge < -0.3 is 5.32 Å².